The molecule has 3 aromatic rings. The van der Waals surface area contributed by atoms with Crippen molar-refractivity contribution >= 4 is 39.7 Å². The Balaban J connectivity index is 1.61. The van der Waals surface area contributed by atoms with Gasteiger partial charge in [-0.3, -0.25) is 4.79 Å². The zero-order valence-corrected chi connectivity index (χ0v) is 16.8. The highest BCUT2D eigenvalue weighted by molar-refractivity contribution is 7.17. The van der Waals surface area contributed by atoms with Gasteiger partial charge in [0.2, 0.25) is 5.91 Å². The van der Waals surface area contributed by atoms with Crippen molar-refractivity contribution in [3.63, 3.8) is 0 Å². The molecule has 0 aliphatic heterocycles. The van der Waals surface area contributed by atoms with Crippen molar-refractivity contribution in [3.8, 4) is 10.6 Å². The van der Waals surface area contributed by atoms with E-state index in [1.807, 2.05) is 35.7 Å². The molecule has 2 aromatic heterocycles. The summed E-state index contributed by atoms with van der Waals surface area (Å²) in [6.45, 7) is 4.63. The van der Waals surface area contributed by atoms with Crippen LogP contribution in [-0.2, 0) is 17.9 Å². The van der Waals surface area contributed by atoms with E-state index in [1.165, 1.54) is 23.8 Å². The number of anilines is 1. The number of hydrogen-bond donors (Lipinski definition) is 3. The molecular weight excluding hydrogens is 378 g/mol. The molecular formula is C19H21N5OS2. The number of nitrogens with zero attached hydrogens (tertiary/aromatic N) is 2. The lowest BCUT2D eigenvalue weighted by Crippen LogP contribution is -2.22. The van der Waals surface area contributed by atoms with Gasteiger partial charge in [0, 0.05) is 17.2 Å². The minimum Gasteiger partial charge on any atom is -0.370 e. The third-order valence-electron chi connectivity index (χ3n) is 3.85. The number of aryl methyl sites for hydroxylation is 1. The fourth-order valence-electron chi connectivity index (χ4n) is 2.37. The quantitative estimate of drug-likeness (QED) is 0.435. The van der Waals surface area contributed by atoms with E-state index < -0.39 is 0 Å². The number of carbonyl (C=O) groups is 1. The second-order valence-corrected chi connectivity index (χ2v) is 7.99. The summed E-state index contributed by atoms with van der Waals surface area (Å²) < 4.78 is 0. The smallest absolute Gasteiger partial charge is 0.217 e. The van der Waals surface area contributed by atoms with Crippen molar-refractivity contribution in [2.24, 2.45) is 10.7 Å². The number of nitrogens with one attached hydrogen (secondary N) is 2. The molecule has 0 atom stereocenters. The third kappa shape index (κ3) is 5.38. The standard InChI is InChI=1S/C19H21N5OS2/c1-12-5-3-4-6-14(12)9-22-18(20)24-19-23-16(11-26-19)17-8-7-15(27-17)10-21-13(2)25/h3-8,11H,9-10H2,1-2H3,(H,21,25)(H3,20,22,23,24). The number of carbonyl (C=O) groups excluding carboxylic acids is 1. The number of thiazole rings is 1. The highest BCUT2D eigenvalue weighted by Gasteiger charge is 2.09. The van der Waals surface area contributed by atoms with Crippen molar-refractivity contribution < 1.29 is 4.79 Å². The molecule has 0 spiro atoms. The number of nitrogens with two attached hydrogens (primary N) is 1. The van der Waals surface area contributed by atoms with E-state index in [0.29, 0.717) is 24.2 Å². The Kier molecular flexibility index (Phi) is 6.20. The van der Waals surface area contributed by atoms with Crippen LogP contribution in [0.15, 0.2) is 46.8 Å². The number of aliphatic imine (C=N–C) groups is 1. The monoisotopic (exact) mass is 399 g/mol. The van der Waals surface area contributed by atoms with Gasteiger partial charge in [-0.2, -0.15) is 0 Å². The molecule has 0 fully saturated rings. The van der Waals surface area contributed by atoms with Crippen molar-refractivity contribution in [3.05, 3.63) is 57.8 Å². The predicted molar refractivity (Wildman–Crippen MR) is 113 cm³/mol. The minimum atomic E-state index is -0.0365. The normalized spacial score (nSPS) is 11.4. The van der Waals surface area contributed by atoms with E-state index in [1.54, 1.807) is 11.3 Å². The van der Waals surface area contributed by atoms with E-state index >= 15 is 0 Å². The Morgan fingerprint density at radius 2 is 2.07 bits per heavy atom. The highest BCUT2D eigenvalue weighted by Crippen LogP contribution is 2.30. The molecule has 2 heterocycles. The van der Waals surface area contributed by atoms with E-state index in [2.05, 4.69) is 33.6 Å². The Labute approximate surface area is 166 Å². The summed E-state index contributed by atoms with van der Waals surface area (Å²) in [6.07, 6.45) is 0. The van der Waals surface area contributed by atoms with Gasteiger partial charge in [-0.1, -0.05) is 24.3 Å². The first-order valence-corrected chi connectivity index (χ1v) is 10.1. The summed E-state index contributed by atoms with van der Waals surface area (Å²) in [5, 5.41) is 8.53. The summed E-state index contributed by atoms with van der Waals surface area (Å²) in [7, 11) is 0. The predicted octanol–water partition coefficient (Wildman–Crippen LogP) is 3.74. The Hall–Kier alpha value is -2.71. The maximum absolute atomic E-state index is 11.0. The van der Waals surface area contributed by atoms with Crippen LogP contribution in [0, 0.1) is 6.92 Å². The van der Waals surface area contributed by atoms with Crippen LogP contribution < -0.4 is 16.4 Å². The first-order valence-electron chi connectivity index (χ1n) is 8.42. The van der Waals surface area contributed by atoms with Crippen LogP contribution in [0.3, 0.4) is 0 Å². The van der Waals surface area contributed by atoms with E-state index in [0.717, 1.165) is 21.0 Å². The number of thiophene rings is 1. The largest absolute Gasteiger partial charge is 0.370 e. The molecule has 140 valence electrons. The Morgan fingerprint density at radius 1 is 1.26 bits per heavy atom. The van der Waals surface area contributed by atoms with Gasteiger partial charge in [-0.15, -0.1) is 22.7 Å². The fourth-order valence-corrected chi connectivity index (χ4v) is 4.07. The van der Waals surface area contributed by atoms with Gasteiger partial charge in [0.1, 0.15) is 0 Å². The average molecular weight is 400 g/mol. The molecule has 27 heavy (non-hydrogen) atoms. The SMILES string of the molecule is CC(=O)NCc1ccc(-c2csc(NC(N)=NCc3ccccc3C)n2)s1. The molecule has 0 radical (unpaired) electrons. The first kappa shape index (κ1) is 19.1. The van der Waals surface area contributed by atoms with Gasteiger partial charge in [0.25, 0.3) is 0 Å². The van der Waals surface area contributed by atoms with Gasteiger partial charge < -0.3 is 16.4 Å². The van der Waals surface area contributed by atoms with E-state index in [9.17, 15) is 4.79 Å². The molecule has 0 saturated heterocycles. The summed E-state index contributed by atoms with van der Waals surface area (Å²) in [6, 6.07) is 12.1. The van der Waals surface area contributed by atoms with Crippen LogP contribution in [0.25, 0.3) is 10.6 Å². The van der Waals surface area contributed by atoms with Crippen LogP contribution in [0.2, 0.25) is 0 Å². The van der Waals surface area contributed by atoms with Crippen LogP contribution in [0.1, 0.15) is 22.9 Å². The first-order chi connectivity index (χ1) is 13.0. The third-order valence-corrected chi connectivity index (χ3v) is 5.71. The molecule has 6 nitrogen and oxygen atoms in total. The molecule has 3 rings (SSSR count). The van der Waals surface area contributed by atoms with Crippen molar-refractivity contribution in [1.82, 2.24) is 10.3 Å². The molecule has 4 N–H and O–H groups in total. The maximum atomic E-state index is 11.0. The fraction of sp³-hybridized carbons (Fsp3) is 0.211. The molecule has 0 bridgehead atoms. The Bertz CT molecular complexity index is 960. The summed E-state index contributed by atoms with van der Waals surface area (Å²) in [5.41, 5.74) is 9.21. The molecule has 0 aliphatic carbocycles. The van der Waals surface area contributed by atoms with Crippen LogP contribution >= 0.6 is 22.7 Å². The van der Waals surface area contributed by atoms with Crippen molar-refractivity contribution in [1.29, 1.82) is 0 Å². The number of rotatable bonds is 6. The number of guanidine groups is 1. The second kappa shape index (κ2) is 8.79. The molecule has 1 amide bonds. The number of benzene rings is 1. The molecule has 8 heteroatoms. The van der Waals surface area contributed by atoms with Crippen LogP contribution in [0.4, 0.5) is 5.13 Å². The summed E-state index contributed by atoms with van der Waals surface area (Å²) >= 11 is 3.09. The maximum Gasteiger partial charge on any atom is 0.217 e. The average Bonchev–Trinajstić information content (AvgIpc) is 3.28. The summed E-state index contributed by atoms with van der Waals surface area (Å²) in [4.78, 5) is 22.1. The lowest BCUT2D eigenvalue weighted by molar-refractivity contribution is -0.119. The van der Waals surface area contributed by atoms with Gasteiger partial charge in [0.05, 0.1) is 23.7 Å². The zero-order chi connectivity index (χ0) is 19.2. The number of amides is 1. The van der Waals surface area contributed by atoms with E-state index in [-0.39, 0.29) is 5.91 Å². The van der Waals surface area contributed by atoms with Crippen molar-refractivity contribution in [2.75, 3.05) is 5.32 Å². The minimum absolute atomic E-state index is 0.0365. The molecule has 0 aliphatic rings. The van der Waals surface area contributed by atoms with Crippen LogP contribution in [-0.4, -0.2) is 16.9 Å². The van der Waals surface area contributed by atoms with E-state index in [4.69, 9.17) is 5.73 Å². The van der Waals surface area contributed by atoms with Crippen LogP contribution in [0.5, 0.6) is 0 Å². The summed E-state index contributed by atoms with van der Waals surface area (Å²) in [5.74, 6) is 0.308. The zero-order valence-electron chi connectivity index (χ0n) is 15.2. The lowest BCUT2D eigenvalue weighted by Gasteiger charge is -2.04. The van der Waals surface area contributed by atoms with Gasteiger partial charge in [-0.25, -0.2) is 9.98 Å². The molecule has 0 saturated carbocycles. The molecule has 0 unspecified atom stereocenters. The molecule has 1 aromatic carbocycles. The number of aromatic nitrogens is 1. The number of hydrogen-bond acceptors (Lipinski definition) is 5. The second-order valence-electron chi connectivity index (χ2n) is 5.97. The topological polar surface area (TPSA) is 92.4 Å². The highest BCUT2D eigenvalue weighted by atomic mass is 32.1. The lowest BCUT2D eigenvalue weighted by atomic mass is 10.1. The van der Waals surface area contributed by atoms with Gasteiger partial charge >= 0.3 is 0 Å². The Morgan fingerprint density at radius 3 is 2.85 bits per heavy atom. The van der Waals surface area contributed by atoms with Gasteiger partial charge in [-0.05, 0) is 30.2 Å². The van der Waals surface area contributed by atoms with Gasteiger partial charge in [0.15, 0.2) is 11.1 Å². The van der Waals surface area contributed by atoms with Crippen molar-refractivity contribution in [2.45, 2.75) is 26.9 Å².